The van der Waals surface area contributed by atoms with E-state index in [2.05, 4.69) is 5.32 Å². The number of halogens is 2. The number of hydrogen-bond donors (Lipinski definition) is 2. The minimum Gasteiger partial charge on any atom is -0.396 e. The van der Waals surface area contributed by atoms with E-state index in [1.807, 2.05) is 0 Å². The maximum absolute atomic E-state index is 12.4. The van der Waals surface area contributed by atoms with Crippen LogP contribution in [0.15, 0.2) is 30.3 Å². The summed E-state index contributed by atoms with van der Waals surface area (Å²) in [5.74, 6) is -0.350. The molecule has 3 N–H and O–H groups in total. The second kappa shape index (κ2) is 6.40. The number of carbonyl (C=O) groups is 1. The molecule has 2 aromatic rings. The number of nitrogens with one attached hydrogen (secondary N) is 1. The Kier molecular flexibility index (Phi) is 4.57. The number of nitrogens with zero attached hydrogens (tertiary/aromatic N) is 1. The van der Waals surface area contributed by atoms with Crippen LogP contribution in [0.5, 0.6) is 0 Å². The van der Waals surface area contributed by atoms with Crippen molar-refractivity contribution in [3.05, 3.63) is 51.5 Å². The van der Waals surface area contributed by atoms with Crippen LogP contribution in [-0.2, 0) is 16.4 Å². The topological polar surface area (TPSA) is 92.5 Å². The van der Waals surface area contributed by atoms with E-state index < -0.39 is 10.0 Å². The molecule has 1 aliphatic rings. The highest BCUT2D eigenvalue weighted by Gasteiger charge is 2.26. The molecule has 0 fully saturated rings. The van der Waals surface area contributed by atoms with E-state index in [4.69, 9.17) is 28.9 Å². The molecule has 3 rings (SSSR count). The smallest absolute Gasteiger partial charge is 0.255 e. The Bertz CT molecular complexity index is 954. The predicted octanol–water partition coefficient (Wildman–Crippen LogP) is 3.15. The first kappa shape index (κ1) is 17.8. The van der Waals surface area contributed by atoms with Gasteiger partial charge in [0.05, 0.1) is 27.7 Å². The monoisotopic (exact) mass is 399 g/mol. The molecular weight excluding hydrogens is 385 g/mol. The van der Waals surface area contributed by atoms with Crippen molar-refractivity contribution in [3.8, 4) is 0 Å². The van der Waals surface area contributed by atoms with Crippen molar-refractivity contribution in [1.82, 2.24) is 0 Å². The molecule has 1 aliphatic heterocycles. The van der Waals surface area contributed by atoms with Gasteiger partial charge in [-0.3, -0.25) is 9.10 Å². The summed E-state index contributed by atoms with van der Waals surface area (Å²) in [6.45, 7) is 0.377. The Labute approximate surface area is 155 Å². The van der Waals surface area contributed by atoms with Crippen LogP contribution in [0.3, 0.4) is 0 Å². The van der Waals surface area contributed by atoms with Crippen molar-refractivity contribution in [2.24, 2.45) is 0 Å². The lowest BCUT2D eigenvalue weighted by atomic mass is 10.1. The quantitative estimate of drug-likeness (QED) is 0.775. The van der Waals surface area contributed by atoms with Crippen molar-refractivity contribution in [2.75, 3.05) is 28.2 Å². The standard InChI is InChI=1S/C16H15Cl2N3O3S/c1-25(23,24)21-5-4-9-6-10(2-3-14(9)21)16(22)20-11-7-12(17)15(19)13(18)8-11/h2-3,6-8H,4-5,19H2,1H3,(H,20,22). The second-order valence-corrected chi connectivity index (χ2v) is 8.46. The van der Waals surface area contributed by atoms with Crippen molar-refractivity contribution >= 4 is 56.2 Å². The van der Waals surface area contributed by atoms with Crippen molar-refractivity contribution < 1.29 is 13.2 Å². The number of fused-ring (bicyclic) bond motifs is 1. The van der Waals surface area contributed by atoms with Gasteiger partial charge in [-0.05, 0) is 42.3 Å². The predicted molar refractivity (Wildman–Crippen MR) is 101 cm³/mol. The lowest BCUT2D eigenvalue weighted by Crippen LogP contribution is -2.27. The highest BCUT2D eigenvalue weighted by molar-refractivity contribution is 7.92. The van der Waals surface area contributed by atoms with Gasteiger partial charge in [0, 0.05) is 17.8 Å². The minimum atomic E-state index is -3.32. The van der Waals surface area contributed by atoms with Gasteiger partial charge < -0.3 is 11.1 Å². The molecule has 0 radical (unpaired) electrons. The Hall–Kier alpha value is -1.96. The number of rotatable bonds is 3. The van der Waals surface area contributed by atoms with Crippen LogP contribution in [0.25, 0.3) is 0 Å². The number of benzene rings is 2. The Morgan fingerprint density at radius 1 is 1.20 bits per heavy atom. The van der Waals surface area contributed by atoms with Gasteiger partial charge >= 0.3 is 0 Å². The first-order chi connectivity index (χ1) is 11.7. The lowest BCUT2D eigenvalue weighted by molar-refractivity contribution is 0.102. The summed E-state index contributed by atoms with van der Waals surface area (Å²) >= 11 is 11.9. The largest absolute Gasteiger partial charge is 0.396 e. The summed E-state index contributed by atoms with van der Waals surface area (Å²) in [7, 11) is -3.32. The van der Waals surface area contributed by atoms with E-state index in [-0.39, 0.29) is 21.6 Å². The van der Waals surface area contributed by atoms with Gasteiger partial charge in [-0.15, -0.1) is 0 Å². The first-order valence-corrected chi connectivity index (χ1v) is 9.94. The summed E-state index contributed by atoms with van der Waals surface area (Å²) in [6.07, 6.45) is 1.72. The van der Waals surface area contributed by atoms with Crippen LogP contribution in [0.4, 0.5) is 17.1 Å². The molecule has 0 bridgehead atoms. The minimum absolute atomic E-state index is 0.250. The number of nitrogens with two attached hydrogens (primary N) is 1. The van der Waals surface area contributed by atoms with Crippen LogP contribution in [-0.4, -0.2) is 27.1 Å². The third kappa shape index (κ3) is 3.53. The zero-order valence-corrected chi connectivity index (χ0v) is 15.5. The molecule has 6 nitrogen and oxygen atoms in total. The highest BCUT2D eigenvalue weighted by Crippen LogP contribution is 2.33. The molecule has 1 amide bonds. The average molecular weight is 400 g/mol. The van der Waals surface area contributed by atoms with E-state index in [0.717, 1.165) is 11.8 Å². The number of sulfonamides is 1. The zero-order valence-electron chi connectivity index (χ0n) is 13.2. The molecule has 0 aromatic heterocycles. The van der Waals surface area contributed by atoms with Gasteiger partial charge in [0.15, 0.2) is 0 Å². The van der Waals surface area contributed by atoms with Crippen LogP contribution in [0.2, 0.25) is 10.0 Å². The van der Waals surface area contributed by atoms with Gasteiger partial charge in [-0.2, -0.15) is 0 Å². The third-order valence-corrected chi connectivity index (χ3v) is 5.74. The molecule has 9 heteroatoms. The van der Waals surface area contributed by atoms with Gasteiger partial charge in [0.1, 0.15) is 0 Å². The molecule has 25 heavy (non-hydrogen) atoms. The van der Waals surface area contributed by atoms with E-state index in [0.29, 0.717) is 29.9 Å². The molecule has 0 atom stereocenters. The Morgan fingerprint density at radius 2 is 1.84 bits per heavy atom. The van der Waals surface area contributed by atoms with Crippen LogP contribution >= 0.6 is 23.2 Å². The van der Waals surface area contributed by atoms with Crippen molar-refractivity contribution in [1.29, 1.82) is 0 Å². The van der Waals surface area contributed by atoms with Crippen molar-refractivity contribution in [3.63, 3.8) is 0 Å². The summed E-state index contributed by atoms with van der Waals surface area (Å²) in [5.41, 5.74) is 8.18. The molecule has 0 unspecified atom stereocenters. The number of amides is 1. The van der Waals surface area contributed by atoms with Gasteiger partial charge in [0.25, 0.3) is 5.91 Å². The molecule has 0 aliphatic carbocycles. The maximum Gasteiger partial charge on any atom is 0.255 e. The Morgan fingerprint density at radius 3 is 2.44 bits per heavy atom. The zero-order chi connectivity index (χ0) is 18.4. The van der Waals surface area contributed by atoms with E-state index >= 15 is 0 Å². The summed E-state index contributed by atoms with van der Waals surface area (Å²) < 4.78 is 24.9. The molecule has 132 valence electrons. The maximum atomic E-state index is 12.4. The fraction of sp³-hybridized carbons (Fsp3) is 0.188. The average Bonchev–Trinajstić information content (AvgIpc) is 2.95. The number of nitrogen functional groups attached to an aromatic ring is 1. The van der Waals surface area contributed by atoms with Gasteiger partial charge in [-0.1, -0.05) is 23.2 Å². The molecule has 1 heterocycles. The number of carbonyl (C=O) groups excluding carboxylic acids is 1. The first-order valence-electron chi connectivity index (χ1n) is 7.33. The van der Waals surface area contributed by atoms with Crippen LogP contribution in [0, 0.1) is 0 Å². The fourth-order valence-corrected chi connectivity index (χ4v) is 4.16. The molecule has 0 saturated heterocycles. The number of hydrogen-bond acceptors (Lipinski definition) is 4. The van der Waals surface area contributed by atoms with Crippen LogP contribution in [0.1, 0.15) is 15.9 Å². The highest BCUT2D eigenvalue weighted by atomic mass is 35.5. The summed E-state index contributed by atoms with van der Waals surface area (Å²) in [6, 6.07) is 7.94. The van der Waals surface area contributed by atoms with Gasteiger partial charge in [-0.25, -0.2) is 8.42 Å². The summed E-state index contributed by atoms with van der Waals surface area (Å²) in [4.78, 5) is 12.4. The molecular formula is C16H15Cl2N3O3S. The fourth-order valence-electron chi connectivity index (χ4n) is 2.72. The van der Waals surface area contributed by atoms with E-state index in [9.17, 15) is 13.2 Å². The molecule has 0 spiro atoms. The van der Waals surface area contributed by atoms with Crippen molar-refractivity contribution in [2.45, 2.75) is 6.42 Å². The molecule has 2 aromatic carbocycles. The van der Waals surface area contributed by atoms with Gasteiger partial charge in [0.2, 0.25) is 10.0 Å². The molecule has 0 saturated carbocycles. The van der Waals surface area contributed by atoms with Crippen LogP contribution < -0.4 is 15.4 Å². The summed E-state index contributed by atoms with van der Waals surface area (Å²) in [5, 5.41) is 3.21. The number of anilines is 3. The normalized spacial score (nSPS) is 13.6. The SMILES string of the molecule is CS(=O)(=O)N1CCc2cc(C(=O)Nc3cc(Cl)c(N)c(Cl)c3)ccc21. The Balaban J connectivity index is 1.85. The van der Waals surface area contributed by atoms with E-state index in [1.54, 1.807) is 18.2 Å². The second-order valence-electron chi connectivity index (χ2n) is 5.74. The third-order valence-electron chi connectivity index (χ3n) is 3.93. The lowest BCUT2D eigenvalue weighted by Gasteiger charge is -2.16. The van der Waals surface area contributed by atoms with E-state index in [1.165, 1.54) is 16.4 Å².